The van der Waals surface area contributed by atoms with E-state index in [0.29, 0.717) is 23.5 Å². The number of aromatic nitrogens is 2. The predicted octanol–water partition coefficient (Wildman–Crippen LogP) is 3.38. The summed E-state index contributed by atoms with van der Waals surface area (Å²) in [6.45, 7) is 0.474. The number of hydrogen-bond acceptors (Lipinski definition) is 4. The third-order valence-electron chi connectivity index (χ3n) is 3.51. The number of rotatable bonds is 4. The molecule has 0 saturated heterocycles. The molecule has 0 radical (unpaired) electrons. The molecule has 0 aliphatic rings. The molecule has 6 nitrogen and oxygen atoms in total. The highest BCUT2D eigenvalue weighted by Gasteiger charge is 2.12. The average Bonchev–Trinajstić information content (AvgIpc) is 3.03. The number of nitrogens with zero attached hydrogens (tertiary/aromatic N) is 4. The van der Waals surface area contributed by atoms with Gasteiger partial charge in [0.1, 0.15) is 5.82 Å². The SMILES string of the molecule is N#Cc1ccccc1Cn1ccnc1-c1cccc([N+](=O)[O-])c1. The molecular formula is C17H12N4O2. The van der Waals surface area contributed by atoms with Crippen LogP contribution in [0.1, 0.15) is 11.1 Å². The molecule has 0 fully saturated rings. The molecule has 1 heterocycles. The number of benzene rings is 2. The van der Waals surface area contributed by atoms with Gasteiger partial charge in [-0.25, -0.2) is 4.98 Å². The fourth-order valence-corrected chi connectivity index (χ4v) is 2.41. The maximum Gasteiger partial charge on any atom is 0.270 e. The zero-order valence-electron chi connectivity index (χ0n) is 12.1. The number of nitro groups is 1. The number of hydrogen-bond donors (Lipinski definition) is 0. The van der Waals surface area contributed by atoms with Crippen LogP contribution < -0.4 is 0 Å². The topological polar surface area (TPSA) is 84.8 Å². The van der Waals surface area contributed by atoms with Crippen LogP contribution in [0.25, 0.3) is 11.4 Å². The van der Waals surface area contributed by atoms with E-state index in [9.17, 15) is 15.4 Å². The first-order valence-electron chi connectivity index (χ1n) is 6.93. The molecule has 0 aliphatic heterocycles. The molecule has 23 heavy (non-hydrogen) atoms. The molecular weight excluding hydrogens is 292 g/mol. The lowest BCUT2D eigenvalue weighted by Gasteiger charge is -2.09. The quantitative estimate of drug-likeness (QED) is 0.546. The highest BCUT2D eigenvalue weighted by Crippen LogP contribution is 2.23. The van der Waals surface area contributed by atoms with Gasteiger partial charge in [0.2, 0.25) is 0 Å². The Kier molecular flexibility index (Phi) is 3.85. The van der Waals surface area contributed by atoms with Gasteiger partial charge >= 0.3 is 0 Å². The zero-order valence-corrected chi connectivity index (χ0v) is 12.1. The second-order valence-corrected chi connectivity index (χ2v) is 4.96. The van der Waals surface area contributed by atoms with Crippen molar-refractivity contribution in [3.63, 3.8) is 0 Å². The van der Waals surface area contributed by atoms with Crippen LogP contribution in [0.15, 0.2) is 60.9 Å². The molecule has 1 aromatic heterocycles. The van der Waals surface area contributed by atoms with Gasteiger partial charge in [-0.05, 0) is 11.6 Å². The summed E-state index contributed by atoms with van der Waals surface area (Å²) in [4.78, 5) is 14.8. The summed E-state index contributed by atoms with van der Waals surface area (Å²) in [5.41, 5.74) is 2.17. The molecule has 2 aromatic carbocycles. The molecule has 3 aromatic rings. The Labute approximate surface area is 132 Å². The summed E-state index contributed by atoms with van der Waals surface area (Å²) in [5.74, 6) is 0.626. The summed E-state index contributed by atoms with van der Waals surface area (Å²) in [7, 11) is 0. The smallest absolute Gasteiger partial charge is 0.270 e. The Morgan fingerprint density at radius 2 is 2.04 bits per heavy atom. The van der Waals surface area contributed by atoms with E-state index in [4.69, 9.17) is 0 Å². The van der Waals surface area contributed by atoms with E-state index in [0.717, 1.165) is 5.56 Å². The van der Waals surface area contributed by atoms with E-state index in [1.54, 1.807) is 30.6 Å². The van der Waals surface area contributed by atoms with Crippen LogP contribution in [0.4, 0.5) is 5.69 Å². The van der Waals surface area contributed by atoms with Crippen LogP contribution in [0.3, 0.4) is 0 Å². The minimum atomic E-state index is -0.429. The Hall–Kier alpha value is -3.46. The standard InChI is InChI=1S/C17H12N4O2/c18-11-14-4-1-2-5-15(14)12-20-9-8-19-17(20)13-6-3-7-16(10-13)21(22)23/h1-10H,12H2. The van der Waals surface area contributed by atoms with Crippen LogP contribution in [-0.4, -0.2) is 14.5 Å². The predicted molar refractivity (Wildman–Crippen MR) is 84.6 cm³/mol. The zero-order chi connectivity index (χ0) is 16.2. The summed E-state index contributed by atoms with van der Waals surface area (Å²) in [5, 5.41) is 20.1. The molecule has 112 valence electrons. The number of nitro benzene ring substituents is 1. The summed E-state index contributed by atoms with van der Waals surface area (Å²) in [6, 6.07) is 15.9. The largest absolute Gasteiger partial charge is 0.327 e. The third-order valence-corrected chi connectivity index (χ3v) is 3.51. The van der Waals surface area contributed by atoms with E-state index in [1.165, 1.54) is 12.1 Å². The van der Waals surface area contributed by atoms with Gasteiger partial charge in [-0.3, -0.25) is 10.1 Å². The first kappa shape index (κ1) is 14.5. The van der Waals surface area contributed by atoms with Crippen molar-refractivity contribution >= 4 is 5.69 Å². The van der Waals surface area contributed by atoms with Crippen LogP contribution in [0.5, 0.6) is 0 Å². The van der Waals surface area contributed by atoms with Crippen LogP contribution in [-0.2, 0) is 6.54 Å². The molecule has 3 rings (SSSR count). The van der Waals surface area contributed by atoms with E-state index in [2.05, 4.69) is 11.1 Å². The lowest BCUT2D eigenvalue weighted by Crippen LogP contribution is -2.03. The first-order valence-corrected chi connectivity index (χ1v) is 6.93. The van der Waals surface area contributed by atoms with Crippen molar-refractivity contribution in [1.29, 1.82) is 5.26 Å². The van der Waals surface area contributed by atoms with Gasteiger partial charge in [0.05, 0.1) is 23.1 Å². The second kappa shape index (κ2) is 6.12. The maximum absolute atomic E-state index is 10.9. The van der Waals surface area contributed by atoms with Crippen molar-refractivity contribution in [2.45, 2.75) is 6.54 Å². The van der Waals surface area contributed by atoms with E-state index < -0.39 is 4.92 Å². The van der Waals surface area contributed by atoms with Gasteiger partial charge in [0.15, 0.2) is 0 Å². The molecule has 6 heteroatoms. The Morgan fingerprint density at radius 1 is 1.22 bits per heavy atom. The Bertz CT molecular complexity index is 909. The minimum absolute atomic E-state index is 0.0227. The van der Waals surface area contributed by atoms with Crippen molar-refractivity contribution in [1.82, 2.24) is 9.55 Å². The van der Waals surface area contributed by atoms with Crippen molar-refractivity contribution in [2.24, 2.45) is 0 Å². The highest BCUT2D eigenvalue weighted by molar-refractivity contribution is 5.60. The van der Waals surface area contributed by atoms with Gasteiger partial charge in [0.25, 0.3) is 5.69 Å². The summed E-state index contributed by atoms with van der Waals surface area (Å²) < 4.78 is 1.87. The fourth-order valence-electron chi connectivity index (χ4n) is 2.41. The van der Waals surface area contributed by atoms with E-state index in [-0.39, 0.29) is 5.69 Å². The monoisotopic (exact) mass is 304 g/mol. The Balaban J connectivity index is 1.99. The summed E-state index contributed by atoms with van der Waals surface area (Å²) in [6.07, 6.45) is 3.44. The van der Waals surface area contributed by atoms with Crippen LogP contribution >= 0.6 is 0 Å². The second-order valence-electron chi connectivity index (χ2n) is 4.96. The molecule has 0 saturated carbocycles. The lowest BCUT2D eigenvalue weighted by atomic mass is 10.1. The van der Waals surface area contributed by atoms with Gasteiger partial charge in [0, 0.05) is 30.1 Å². The maximum atomic E-state index is 10.9. The lowest BCUT2D eigenvalue weighted by molar-refractivity contribution is -0.384. The number of nitriles is 1. The van der Waals surface area contributed by atoms with Gasteiger partial charge in [-0.15, -0.1) is 0 Å². The molecule has 0 atom stereocenters. The van der Waals surface area contributed by atoms with Gasteiger partial charge in [-0.2, -0.15) is 5.26 Å². The fraction of sp³-hybridized carbons (Fsp3) is 0.0588. The molecule has 0 aliphatic carbocycles. The van der Waals surface area contributed by atoms with Gasteiger partial charge in [-0.1, -0.05) is 30.3 Å². The summed E-state index contributed by atoms with van der Waals surface area (Å²) >= 11 is 0. The van der Waals surface area contributed by atoms with Crippen molar-refractivity contribution in [3.05, 3.63) is 82.2 Å². The highest BCUT2D eigenvalue weighted by atomic mass is 16.6. The number of non-ortho nitro benzene ring substituents is 1. The van der Waals surface area contributed by atoms with Crippen molar-refractivity contribution < 1.29 is 4.92 Å². The van der Waals surface area contributed by atoms with E-state index in [1.807, 2.05) is 22.8 Å². The molecule has 0 bridgehead atoms. The Morgan fingerprint density at radius 3 is 2.83 bits per heavy atom. The van der Waals surface area contributed by atoms with Crippen LogP contribution in [0.2, 0.25) is 0 Å². The molecule has 0 unspecified atom stereocenters. The molecule has 0 amide bonds. The minimum Gasteiger partial charge on any atom is -0.327 e. The third kappa shape index (κ3) is 2.94. The first-order chi connectivity index (χ1) is 11.2. The average molecular weight is 304 g/mol. The van der Waals surface area contributed by atoms with Crippen molar-refractivity contribution in [2.75, 3.05) is 0 Å². The number of imidazole rings is 1. The van der Waals surface area contributed by atoms with Crippen LogP contribution in [0, 0.1) is 21.4 Å². The van der Waals surface area contributed by atoms with Crippen molar-refractivity contribution in [3.8, 4) is 17.5 Å². The molecule has 0 spiro atoms. The molecule has 0 N–H and O–H groups in total. The van der Waals surface area contributed by atoms with Gasteiger partial charge < -0.3 is 4.57 Å². The normalized spacial score (nSPS) is 10.2. The van der Waals surface area contributed by atoms with E-state index >= 15 is 0 Å².